The molecular formula is C20H28N4O2. The van der Waals surface area contributed by atoms with Crippen LogP contribution in [0.4, 0.5) is 0 Å². The Bertz CT molecular complexity index is 818. The van der Waals surface area contributed by atoms with E-state index in [9.17, 15) is 9.59 Å². The van der Waals surface area contributed by atoms with E-state index >= 15 is 0 Å². The molecule has 0 radical (unpaired) electrons. The van der Waals surface area contributed by atoms with Gasteiger partial charge in [0.15, 0.2) is 0 Å². The maximum Gasteiger partial charge on any atom is 0.267 e. The molecule has 2 N–H and O–H groups in total. The predicted molar refractivity (Wildman–Crippen MR) is 101 cm³/mol. The average Bonchev–Trinajstić information content (AvgIpc) is 3.26. The lowest BCUT2D eigenvalue weighted by molar-refractivity contribution is 0.0780. The Morgan fingerprint density at radius 1 is 1.27 bits per heavy atom. The zero-order valence-corrected chi connectivity index (χ0v) is 16.2. The van der Waals surface area contributed by atoms with Gasteiger partial charge in [-0.3, -0.25) is 9.59 Å². The molecule has 3 heterocycles. The summed E-state index contributed by atoms with van der Waals surface area (Å²) in [6.07, 6.45) is 3.78. The quantitative estimate of drug-likeness (QED) is 0.884. The first kappa shape index (κ1) is 18.3. The van der Waals surface area contributed by atoms with Crippen LogP contribution in [-0.2, 0) is 0 Å². The first-order valence-electron chi connectivity index (χ1n) is 9.20. The van der Waals surface area contributed by atoms with Crippen LogP contribution in [-0.4, -0.2) is 45.4 Å². The summed E-state index contributed by atoms with van der Waals surface area (Å²) in [4.78, 5) is 30.2. The van der Waals surface area contributed by atoms with E-state index in [2.05, 4.69) is 35.6 Å². The molecule has 2 unspecified atom stereocenters. The van der Waals surface area contributed by atoms with Crippen molar-refractivity contribution in [2.45, 2.75) is 46.7 Å². The van der Waals surface area contributed by atoms with E-state index in [1.165, 1.54) is 0 Å². The van der Waals surface area contributed by atoms with Crippen LogP contribution in [0.2, 0.25) is 0 Å². The van der Waals surface area contributed by atoms with Crippen LogP contribution in [0, 0.1) is 19.8 Å². The maximum atomic E-state index is 12.9. The van der Waals surface area contributed by atoms with Crippen molar-refractivity contribution in [3.8, 4) is 0 Å². The molecule has 0 aromatic carbocycles. The Morgan fingerprint density at radius 2 is 2.00 bits per heavy atom. The predicted octanol–water partition coefficient (Wildman–Crippen LogP) is 2.90. The average molecular weight is 356 g/mol. The summed E-state index contributed by atoms with van der Waals surface area (Å²) in [5, 5.41) is 3.06. The summed E-state index contributed by atoms with van der Waals surface area (Å²) >= 11 is 0. The zero-order valence-electron chi connectivity index (χ0n) is 16.2. The normalized spacial score (nSPS) is 20.0. The van der Waals surface area contributed by atoms with Gasteiger partial charge in [-0.2, -0.15) is 0 Å². The fourth-order valence-corrected chi connectivity index (χ4v) is 3.68. The Hall–Kier alpha value is -2.50. The molecule has 1 fully saturated rings. The van der Waals surface area contributed by atoms with Crippen LogP contribution >= 0.6 is 0 Å². The molecule has 2 aromatic heterocycles. The number of aromatic nitrogens is 2. The van der Waals surface area contributed by atoms with Gasteiger partial charge in [0.25, 0.3) is 11.8 Å². The number of carbonyl (C=O) groups is 2. The van der Waals surface area contributed by atoms with E-state index in [-0.39, 0.29) is 23.8 Å². The summed E-state index contributed by atoms with van der Waals surface area (Å²) in [6.45, 7) is 11.4. The highest BCUT2D eigenvalue weighted by Crippen LogP contribution is 2.23. The van der Waals surface area contributed by atoms with Crippen molar-refractivity contribution in [3.63, 3.8) is 0 Å². The Kier molecular flexibility index (Phi) is 4.94. The second kappa shape index (κ2) is 7.02. The number of hydrogen-bond donors (Lipinski definition) is 2. The number of nitrogens with one attached hydrogen (secondary N) is 2. The highest BCUT2D eigenvalue weighted by Gasteiger charge is 2.34. The number of likely N-dealkylation sites (tertiary alicyclic amines) is 1. The van der Waals surface area contributed by atoms with Gasteiger partial charge in [0.1, 0.15) is 5.69 Å². The van der Waals surface area contributed by atoms with Crippen molar-refractivity contribution >= 4 is 11.8 Å². The molecule has 0 spiro atoms. The van der Waals surface area contributed by atoms with Crippen LogP contribution < -0.4 is 5.32 Å². The van der Waals surface area contributed by atoms with Gasteiger partial charge < -0.3 is 19.8 Å². The van der Waals surface area contributed by atoms with Crippen molar-refractivity contribution < 1.29 is 9.59 Å². The molecule has 0 saturated carbocycles. The van der Waals surface area contributed by atoms with Crippen molar-refractivity contribution in [2.24, 2.45) is 5.92 Å². The Morgan fingerprint density at radius 3 is 2.58 bits per heavy atom. The number of aryl methyl sites for hydroxylation is 1. The summed E-state index contributed by atoms with van der Waals surface area (Å²) in [5.41, 5.74) is 3.32. The summed E-state index contributed by atoms with van der Waals surface area (Å²) in [6, 6.07) is 4.01. The third kappa shape index (κ3) is 3.41. The number of amides is 2. The number of nitrogens with zero attached hydrogens (tertiary/aromatic N) is 2. The molecule has 140 valence electrons. The summed E-state index contributed by atoms with van der Waals surface area (Å²) in [7, 11) is 0. The number of carbonyl (C=O) groups excluding carboxylic acids is 2. The molecule has 1 saturated heterocycles. The van der Waals surface area contributed by atoms with Gasteiger partial charge in [-0.05, 0) is 51.3 Å². The highest BCUT2D eigenvalue weighted by molar-refractivity contribution is 5.96. The highest BCUT2D eigenvalue weighted by atomic mass is 16.2. The Balaban J connectivity index is 1.68. The smallest absolute Gasteiger partial charge is 0.267 e. The molecule has 6 nitrogen and oxygen atoms in total. The van der Waals surface area contributed by atoms with Gasteiger partial charge >= 0.3 is 0 Å². The minimum Gasteiger partial charge on any atom is -0.357 e. The van der Waals surface area contributed by atoms with Gasteiger partial charge in [0.05, 0.1) is 11.6 Å². The Labute approximate surface area is 154 Å². The lowest BCUT2D eigenvalue weighted by Crippen LogP contribution is -2.40. The number of H-pyrrole nitrogens is 1. The molecular weight excluding hydrogens is 328 g/mol. The van der Waals surface area contributed by atoms with Gasteiger partial charge in [0.2, 0.25) is 0 Å². The topological polar surface area (TPSA) is 70.1 Å². The first-order chi connectivity index (χ1) is 12.3. The molecule has 1 aliphatic rings. The molecule has 0 bridgehead atoms. The first-order valence-corrected chi connectivity index (χ1v) is 9.20. The second-order valence-corrected chi connectivity index (χ2v) is 7.67. The minimum absolute atomic E-state index is 0.0393. The molecule has 0 aliphatic carbocycles. The van der Waals surface area contributed by atoms with Gasteiger partial charge in [-0.25, -0.2) is 0 Å². The summed E-state index contributed by atoms with van der Waals surface area (Å²) in [5.74, 6) is 0.138. The van der Waals surface area contributed by atoms with E-state index in [1.807, 2.05) is 43.3 Å². The lowest BCUT2D eigenvalue weighted by Gasteiger charge is -2.18. The minimum atomic E-state index is -0.119. The van der Waals surface area contributed by atoms with Gasteiger partial charge in [-0.1, -0.05) is 6.92 Å². The van der Waals surface area contributed by atoms with E-state index in [0.29, 0.717) is 24.8 Å². The molecule has 2 aromatic rings. The van der Waals surface area contributed by atoms with E-state index in [1.54, 1.807) is 0 Å². The second-order valence-electron chi connectivity index (χ2n) is 7.67. The van der Waals surface area contributed by atoms with E-state index in [4.69, 9.17) is 0 Å². The van der Waals surface area contributed by atoms with Gasteiger partial charge in [0, 0.05) is 37.2 Å². The molecule has 2 amide bonds. The molecule has 3 rings (SSSR count). The SMILES string of the molecule is Cc1c[nH]c(C(=O)NC2CN(C(=O)c3ccn(C(C)C)c3C)CC2C)c1. The fraction of sp³-hybridized carbons (Fsp3) is 0.500. The monoisotopic (exact) mass is 356 g/mol. The van der Waals surface area contributed by atoms with Crippen LogP contribution in [0.3, 0.4) is 0 Å². The van der Waals surface area contributed by atoms with E-state index < -0.39 is 0 Å². The van der Waals surface area contributed by atoms with E-state index in [0.717, 1.165) is 16.8 Å². The molecule has 1 aliphatic heterocycles. The van der Waals surface area contributed by atoms with Crippen molar-refractivity contribution in [2.75, 3.05) is 13.1 Å². The number of hydrogen-bond acceptors (Lipinski definition) is 2. The third-order valence-corrected chi connectivity index (χ3v) is 5.25. The van der Waals surface area contributed by atoms with Crippen molar-refractivity contribution in [1.82, 2.24) is 19.8 Å². The van der Waals surface area contributed by atoms with Crippen LogP contribution in [0.5, 0.6) is 0 Å². The van der Waals surface area contributed by atoms with Crippen molar-refractivity contribution in [1.29, 1.82) is 0 Å². The molecule has 2 atom stereocenters. The molecule has 26 heavy (non-hydrogen) atoms. The zero-order chi connectivity index (χ0) is 19.0. The van der Waals surface area contributed by atoms with Crippen LogP contribution in [0.1, 0.15) is 58.9 Å². The fourth-order valence-electron chi connectivity index (χ4n) is 3.68. The number of aromatic amines is 1. The largest absolute Gasteiger partial charge is 0.357 e. The third-order valence-electron chi connectivity index (χ3n) is 5.25. The van der Waals surface area contributed by atoms with Crippen LogP contribution in [0.25, 0.3) is 0 Å². The van der Waals surface area contributed by atoms with Crippen molar-refractivity contribution in [3.05, 3.63) is 47.0 Å². The molecule has 6 heteroatoms. The number of rotatable bonds is 4. The summed E-state index contributed by atoms with van der Waals surface area (Å²) < 4.78 is 2.11. The lowest BCUT2D eigenvalue weighted by atomic mass is 10.1. The standard InChI is InChI=1S/C20H28N4O2/c1-12(2)24-7-6-16(15(24)5)20(26)23-10-14(4)18(11-23)22-19(25)17-8-13(3)9-21-17/h6-9,12,14,18,21H,10-11H2,1-5H3,(H,22,25). The maximum absolute atomic E-state index is 12.9. The van der Waals surface area contributed by atoms with Crippen LogP contribution in [0.15, 0.2) is 24.5 Å². The van der Waals surface area contributed by atoms with Gasteiger partial charge in [-0.15, -0.1) is 0 Å².